The number of benzene rings is 1. The minimum atomic E-state index is -1.08. The highest BCUT2D eigenvalue weighted by molar-refractivity contribution is 5.85. The van der Waals surface area contributed by atoms with Crippen molar-refractivity contribution in [2.75, 3.05) is 5.32 Å². The second-order valence-electron chi connectivity index (χ2n) is 4.05. The van der Waals surface area contributed by atoms with Crippen LogP contribution in [0.4, 0.5) is 11.5 Å². The largest absolute Gasteiger partial charge is 0.476 e. The van der Waals surface area contributed by atoms with Gasteiger partial charge in [-0.3, -0.25) is 0 Å². The van der Waals surface area contributed by atoms with E-state index in [-0.39, 0.29) is 5.69 Å². The van der Waals surface area contributed by atoms with Crippen LogP contribution in [0.25, 0.3) is 0 Å². The lowest BCUT2D eigenvalue weighted by Gasteiger charge is -2.08. The fourth-order valence-electron chi connectivity index (χ4n) is 1.60. The van der Waals surface area contributed by atoms with E-state index >= 15 is 0 Å². The van der Waals surface area contributed by atoms with Crippen molar-refractivity contribution in [1.29, 1.82) is 0 Å². The molecule has 0 saturated heterocycles. The summed E-state index contributed by atoms with van der Waals surface area (Å²) in [6.45, 7) is 4.02. The number of hydrogen-bond acceptors (Lipinski definition) is 4. The Morgan fingerprint density at radius 3 is 2.50 bits per heavy atom. The van der Waals surface area contributed by atoms with Gasteiger partial charge in [0.25, 0.3) is 0 Å². The van der Waals surface area contributed by atoms with Gasteiger partial charge in [0.15, 0.2) is 11.5 Å². The van der Waals surface area contributed by atoms with E-state index in [1.54, 1.807) is 6.07 Å². The first-order valence-electron chi connectivity index (χ1n) is 5.47. The molecule has 2 rings (SSSR count). The molecule has 5 nitrogen and oxygen atoms in total. The van der Waals surface area contributed by atoms with E-state index in [0.29, 0.717) is 5.82 Å². The van der Waals surface area contributed by atoms with Gasteiger partial charge >= 0.3 is 5.97 Å². The molecule has 1 aromatic heterocycles. The van der Waals surface area contributed by atoms with Gasteiger partial charge in [-0.2, -0.15) is 0 Å². The lowest BCUT2D eigenvalue weighted by Crippen LogP contribution is -2.04. The quantitative estimate of drug-likeness (QED) is 0.866. The van der Waals surface area contributed by atoms with Crippen LogP contribution in [0.1, 0.15) is 21.6 Å². The van der Waals surface area contributed by atoms with E-state index in [1.165, 1.54) is 11.6 Å². The van der Waals surface area contributed by atoms with Crippen LogP contribution in [-0.4, -0.2) is 21.3 Å². The van der Waals surface area contributed by atoms with Crippen molar-refractivity contribution in [3.63, 3.8) is 0 Å². The van der Waals surface area contributed by atoms with E-state index < -0.39 is 5.97 Å². The summed E-state index contributed by atoms with van der Waals surface area (Å²) in [4.78, 5) is 10.6. The molecule has 0 fully saturated rings. The smallest absolute Gasteiger partial charge is 0.356 e. The number of aromatic nitrogens is 2. The van der Waals surface area contributed by atoms with Crippen LogP contribution in [0, 0.1) is 13.8 Å². The molecule has 0 aliphatic carbocycles. The molecular formula is C13H13N3O2. The molecule has 0 unspecified atom stereocenters. The highest BCUT2D eigenvalue weighted by Crippen LogP contribution is 2.19. The van der Waals surface area contributed by atoms with Crippen LogP contribution in [-0.2, 0) is 0 Å². The Morgan fingerprint density at radius 1 is 1.17 bits per heavy atom. The van der Waals surface area contributed by atoms with Gasteiger partial charge in [-0.25, -0.2) is 4.79 Å². The maximum Gasteiger partial charge on any atom is 0.356 e. The van der Waals surface area contributed by atoms with Gasteiger partial charge in [-0.15, -0.1) is 10.2 Å². The number of rotatable bonds is 3. The molecule has 0 radical (unpaired) electrons. The number of nitrogens with one attached hydrogen (secondary N) is 1. The number of aryl methyl sites for hydroxylation is 2. The van der Waals surface area contributed by atoms with Gasteiger partial charge in [-0.05, 0) is 37.6 Å². The van der Waals surface area contributed by atoms with E-state index in [9.17, 15) is 4.79 Å². The van der Waals surface area contributed by atoms with Crippen molar-refractivity contribution >= 4 is 17.5 Å². The van der Waals surface area contributed by atoms with Crippen molar-refractivity contribution < 1.29 is 9.90 Å². The average molecular weight is 243 g/mol. The highest BCUT2D eigenvalue weighted by Gasteiger charge is 2.05. The summed E-state index contributed by atoms with van der Waals surface area (Å²) in [7, 11) is 0. The number of carbonyl (C=O) groups is 1. The van der Waals surface area contributed by atoms with Crippen LogP contribution in [0.5, 0.6) is 0 Å². The monoisotopic (exact) mass is 243 g/mol. The van der Waals surface area contributed by atoms with E-state index in [4.69, 9.17) is 5.11 Å². The summed E-state index contributed by atoms with van der Waals surface area (Å²) in [5, 5.41) is 19.2. The van der Waals surface area contributed by atoms with Gasteiger partial charge < -0.3 is 10.4 Å². The van der Waals surface area contributed by atoms with Crippen LogP contribution in [0.2, 0.25) is 0 Å². The number of anilines is 2. The van der Waals surface area contributed by atoms with E-state index in [2.05, 4.69) is 21.6 Å². The third kappa shape index (κ3) is 2.63. The normalized spacial score (nSPS) is 10.1. The molecule has 0 atom stereocenters. The Kier molecular flexibility index (Phi) is 3.23. The van der Waals surface area contributed by atoms with Gasteiger partial charge in [0, 0.05) is 5.69 Å². The molecule has 5 heteroatoms. The first kappa shape index (κ1) is 12.0. The van der Waals surface area contributed by atoms with E-state index in [0.717, 1.165) is 11.3 Å². The zero-order valence-electron chi connectivity index (χ0n) is 10.1. The Balaban J connectivity index is 2.21. The van der Waals surface area contributed by atoms with Crippen LogP contribution >= 0.6 is 0 Å². The zero-order valence-corrected chi connectivity index (χ0v) is 10.1. The van der Waals surface area contributed by atoms with Crippen molar-refractivity contribution in [1.82, 2.24) is 10.2 Å². The molecule has 0 spiro atoms. The number of nitrogens with zero attached hydrogens (tertiary/aromatic N) is 2. The standard InChI is InChI=1S/C13H13N3O2/c1-8-3-4-10(9(2)7-8)14-12-6-5-11(13(17)18)15-16-12/h3-7H,1-2H3,(H,14,16)(H,17,18). The van der Waals surface area contributed by atoms with Gasteiger partial charge in [0.05, 0.1) is 0 Å². The highest BCUT2D eigenvalue weighted by atomic mass is 16.4. The number of aromatic carboxylic acids is 1. The minimum Gasteiger partial charge on any atom is -0.476 e. The van der Waals surface area contributed by atoms with Crippen molar-refractivity contribution in [3.05, 3.63) is 47.2 Å². The third-order valence-electron chi connectivity index (χ3n) is 2.53. The molecule has 0 saturated carbocycles. The van der Waals surface area contributed by atoms with Crippen molar-refractivity contribution in [2.45, 2.75) is 13.8 Å². The summed E-state index contributed by atoms with van der Waals surface area (Å²) >= 11 is 0. The fraction of sp³-hybridized carbons (Fsp3) is 0.154. The SMILES string of the molecule is Cc1ccc(Nc2ccc(C(=O)O)nn2)c(C)c1. The van der Waals surface area contributed by atoms with Crippen molar-refractivity contribution in [2.24, 2.45) is 0 Å². The lowest BCUT2D eigenvalue weighted by molar-refractivity contribution is 0.0689. The second-order valence-corrected chi connectivity index (χ2v) is 4.05. The Labute approximate surface area is 104 Å². The topological polar surface area (TPSA) is 75.1 Å². The second kappa shape index (κ2) is 4.83. The van der Waals surface area contributed by atoms with Gasteiger partial charge in [-0.1, -0.05) is 17.7 Å². The fourth-order valence-corrected chi connectivity index (χ4v) is 1.60. The molecule has 0 amide bonds. The Bertz CT molecular complexity index is 579. The molecule has 2 aromatic rings. The predicted molar refractivity (Wildman–Crippen MR) is 68.2 cm³/mol. The summed E-state index contributed by atoms with van der Waals surface area (Å²) < 4.78 is 0. The number of carboxylic acids is 1. The van der Waals surface area contributed by atoms with Crippen LogP contribution in [0.3, 0.4) is 0 Å². The zero-order chi connectivity index (χ0) is 13.1. The maximum atomic E-state index is 10.6. The molecule has 0 bridgehead atoms. The van der Waals surface area contributed by atoms with Crippen LogP contribution in [0.15, 0.2) is 30.3 Å². The average Bonchev–Trinajstić information content (AvgIpc) is 2.33. The molecular weight excluding hydrogens is 230 g/mol. The maximum absolute atomic E-state index is 10.6. The Morgan fingerprint density at radius 2 is 1.94 bits per heavy atom. The molecule has 2 N–H and O–H groups in total. The van der Waals surface area contributed by atoms with Crippen LogP contribution < -0.4 is 5.32 Å². The van der Waals surface area contributed by atoms with Crippen molar-refractivity contribution in [3.8, 4) is 0 Å². The summed E-state index contributed by atoms with van der Waals surface area (Å²) in [5.74, 6) is -0.562. The van der Waals surface area contributed by atoms with Gasteiger partial charge in [0.2, 0.25) is 0 Å². The molecule has 92 valence electrons. The number of carboxylic acid groups (broad SMARTS) is 1. The third-order valence-corrected chi connectivity index (χ3v) is 2.53. The Hall–Kier alpha value is -2.43. The first-order valence-corrected chi connectivity index (χ1v) is 5.47. The van der Waals surface area contributed by atoms with Gasteiger partial charge in [0.1, 0.15) is 0 Å². The lowest BCUT2D eigenvalue weighted by atomic mass is 10.1. The molecule has 0 aliphatic heterocycles. The molecule has 0 aliphatic rings. The van der Waals surface area contributed by atoms with E-state index in [1.807, 2.05) is 26.0 Å². The predicted octanol–water partition coefficient (Wildman–Crippen LogP) is 2.54. The summed E-state index contributed by atoms with van der Waals surface area (Å²) in [6.07, 6.45) is 0. The number of hydrogen-bond donors (Lipinski definition) is 2. The molecule has 1 heterocycles. The first-order chi connectivity index (χ1) is 8.56. The summed E-state index contributed by atoms with van der Waals surface area (Å²) in [5.41, 5.74) is 3.14. The molecule has 1 aromatic carbocycles. The summed E-state index contributed by atoms with van der Waals surface area (Å²) in [6, 6.07) is 9.02. The molecule has 18 heavy (non-hydrogen) atoms. The minimum absolute atomic E-state index is 0.0684.